The Kier molecular flexibility index (Phi) is 34.6. The second kappa shape index (κ2) is 41.6. The van der Waals surface area contributed by atoms with Crippen LogP contribution in [0.1, 0.15) is 100 Å². The van der Waals surface area contributed by atoms with Crippen molar-refractivity contribution in [2.24, 2.45) is 58.3 Å². The number of rotatable bonds is 48. The van der Waals surface area contributed by atoms with E-state index in [0.717, 1.165) is 10.9 Å². The number of para-hydroxylation sites is 1. The number of ketones is 5. The van der Waals surface area contributed by atoms with Gasteiger partial charge in [-0.1, -0.05) is 78.9 Å². The maximum Gasteiger partial charge on any atom is 0.328 e. The number of aromatic nitrogens is 1. The van der Waals surface area contributed by atoms with Gasteiger partial charge < -0.3 is 85.8 Å². The maximum atomic E-state index is 15.1. The number of aliphatic carboxylic acids is 1. The average molecular weight is 1300 g/mol. The number of hydrogen-bond acceptors (Lipinski definition) is 20. The van der Waals surface area contributed by atoms with Gasteiger partial charge in [-0.2, -0.15) is 0 Å². The van der Waals surface area contributed by atoms with Gasteiger partial charge in [0.05, 0.1) is 68.5 Å². The number of Topliss-reactive ketones (excluding diaryl/α,β-unsaturated/α-hetero) is 5. The van der Waals surface area contributed by atoms with E-state index in [1.54, 1.807) is 72.9 Å². The predicted octanol–water partition coefficient (Wildman–Crippen LogP) is -1.17. The van der Waals surface area contributed by atoms with E-state index >= 15 is 4.79 Å². The largest absolute Gasteiger partial charge is 0.480 e. The van der Waals surface area contributed by atoms with Crippen LogP contribution in [0.3, 0.4) is 0 Å². The summed E-state index contributed by atoms with van der Waals surface area (Å²) in [4.78, 5) is 156. The Morgan fingerprint density at radius 1 is 0.387 bits per heavy atom. The summed E-state index contributed by atoms with van der Waals surface area (Å²) in [5.41, 5.74) is 32.0. The van der Waals surface area contributed by atoms with Gasteiger partial charge in [0.25, 0.3) is 0 Å². The third kappa shape index (κ3) is 25.8. The van der Waals surface area contributed by atoms with E-state index in [1.165, 1.54) is 0 Å². The minimum absolute atomic E-state index is 0.00101. The summed E-state index contributed by atoms with van der Waals surface area (Å²) >= 11 is 0. The highest BCUT2D eigenvalue weighted by Gasteiger charge is 2.37. The van der Waals surface area contributed by atoms with Crippen molar-refractivity contribution in [1.82, 2.24) is 31.6 Å². The lowest BCUT2D eigenvalue weighted by Crippen LogP contribution is -2.50. The number of carbonyl (C=O) groups is 11. The molecule has 510 valence electrons. The molecule has 0 spiro atoms. The number of carbonyl (C=O) groups excluding carboxylic acids is 10. The number of nitrogens with two attached hydrogens (primary N) is 5. The summed E-state index contributed by atoms with van der Waals surface area (Å²) in [5, 5.41) is 62.3. The number of H-pyrrole nitrogens is 1. The van der Waals surface area contributed by atoms with Crippen LogP contribution in [0.25, 0.3) is 10.9 Å². The first-order valence-corrected chi connectivity index (χ1v) is 31.7. The minimum atomic E-state index is -1.72. The molecular formula is C66H95N11O16. The number of fused-ring (bicyclic) bond motifs is 1. The summed E-state index contributed by atoms with van der Waals surface area (Å²) in [6.45, 7) is -2.91. The molecule has 4 aromatic rings. The smallest absolute Gasteiger partial charge is 0.328 e. The normalized spacial score (nSPS) is 14.9. The first-order chi connectivity index (χ1) is 44.6. The first kappa shape index (κ1) is 77.5. The molecule has 27 heteroatoms. The van der Waals surface area contributed by atoms with Crippen molar-refractivity contribution in [3.8, 4) is 0 Å². The molecule has 21 N–H and O–H groups in total. The number of aromatic amines is 1. The molecule has 1 heterocycles. The van der Waals surface area contributed by atoms with Crippen LogP contribution in [0.5, 0.6) is 0 Å². The van der Waals surface area contributed by atoms with Crippen LogP contribution in [0.15, 0.2) is 91.1 Å². The number of benzene rings is 3. The van der Waals surface area contributed by atoms with Gasteiger partial charge >= 0.3 is 5.97 Å². The standard InChI is InChI=1S/C66H95N11O16/c67-23-9-19-51(57(83)30-42(27-40-13-3-1-4-14-40)62(88)74-54(22-12-26-70)60(86)34-47(37-79)65(91)77-55(39-81)66(92)93)75-63(89)44(29-45-35-72-50-18-8-7-17-48(45)50)32-59(85)52(20-10-24-68)73-61(87)43(28-41-15-5-2-6-16-41)31-58(84)53(21-11-25-69)76-64(90)46(36-78)33-56(82)49(71)38-80/h1-8,13-18,35,42-44,46-47,49,51-55,72,78-81H,9-12,19-34,36-39,67-71H2,(H,73,87)(H,74,88)(H,75,89)(H,76,90)(H,77,91)(H,92,93)/t42-,43-,44-,46+,47+,49+,51+,52+,53+,54+,55+/m1/s1. The fourth-order valence-corrected chi connectivity index (χ4v) is 10.8. The van der Waals surface area contributed by atoms with E-state index < -0.39 is 189 Å². The monoisotopic (exact) mass is 1300 g/mol. The molecule has 3 aromatic carbocycles. The predicted molar refractivity (Wildman–Crippen MR) is 345 cm³/mol. The Bertz CT molecular complexity index is 3060. The van der Waals surface area contributed by atoms with E-state index in [4.69, 9.17) is 28.7 Å². The third-order valence-electron chi connectivity index (χ3n) is 16.3. The number of aliphatic hydroxyl groups is 4. The van der Waals surface area contributed by atoms with E-state index in [1.807, 2.05) is 18.2 Å². The van der Waals surface area contributed by atoms with Gasteiger partial charge in [-0.15, -0.1) is 0 Å². The fraction of sp³-hybridized carbons (Fsp3) is 0.530. The molecule has 0 aliphatic heterocycles. The van der Waals surface area contributed by atoms with Gasteiger partial charge in [-0.3, -0.25) is 47.9 Å². The lowest BCUT2D eigenvalue weighted by Gasteiger charge is -2.27. The molecule has 0 saturated heterocycles. The number of aliphatic hydroxyl groups excluding tert-OH is 4. The molecule has 5 amide bonds. The molecule has 0 bridgehead atoms. The fourth-order valence-electron chi connectivity index (χ4n) is 10.8. The van der Waals surface area contributed by atoms with Crippen LogP contribution >= 0.6 is 0 Å². The van der Waals surface area contributed by atoms with Gasteiger partial charge in [0.2, 0.25) is 29.5 Å². The van der Waals surface area contributed by atoms with Crippen molar-refractivity contribution < 1.29 is 78.3 Å². The Labute approximate surface area is 540 Å². The van der Waals surface area contributed by atoms with Crippen molar-refractivity contribution in [2.45, 2.75) is 139 Å². The highest BCUT2D eigenvalue weighted by molar-refractivity contribution is 5.99. The zero-order valence-electron chi connectivity index (χ0n) is 52.6. The zero-order valence-corrected chi connectivity index (χ0v) is 52.6. The van der Waals surface area contributed by atoms with Crippen molar-refractivity contribution in [3.63, 3.8) is 0 Å². The lowest BCUT2D eigenvalue weighted by molar-refractivity contribution is -0.144. The molecule has 11 atom stereocenters. The second-order valence-corrected chi connectivity index (χ2v) is 23.5. The molecule has 1 aromatic heterocycles. The number of carboxylic acids is 1. The molecule has 0 radical (unpaired) electrons. The van der Waals surface area contributed by atoms with Crippen molar-refractivity contribution in [1.29, 1.82) is 0 Å². The highest BCUT2D eigenvalue weighted by atomic mass is 16.4. The van der Waals surface area contributed by atoms with Crippen LogP contribution in [0.4, 0.5) is 0 Å². The topological polar surface area (TPSA) is 495 Å². The number of nitrogens with one attached hydrogen (secondary N) is 6. The van der Waals surface area contributed by atoms with Crippen molar-refractivity contribution in [3.05, 3.63) is 108 Å². The van der Waals surface area contributed by atoms with Gasteiger partial charge in [-0.05, 0) is 120 Å². The Balaban J connectivity index is 1.68. The molecular weight excluding hydrogens is 1200 g/mol. The Hall–Kier alpha value is -7.99. The summed E-state index contributed by atoms with van der Waals surface area (Å²) < 4.78 is 0. The molecule has 0 saturated carbocycles. The molecule has 0 fully saturated rings. The molecule has 93 heavy (non-hydrogen) atoms. The summed E-state index contributed by atoms with van der Waals surface area (Å²) in [6.07, 6.45) is 0.0250. The molecule has 0 aliphatic carbocycles. The molecule has 0 unspecified atom stereocenters. The Morgan fingerprint density at radius 3 is 1.05 bits per heavy atom. The van der Waals surface area contributed by atoms with Gasteiger partial charge in [0.15, 0.2) is 28.9 Å². The van der Waals surface area contributed by atoms with Crippen LogP contribution < -0.4 is 55.3 Å². The minimum Gasteiger partial charge on any atom is -0.480 e. The van der Waals surface area contributed by atoms with Crippen molar-refractivity contribution >= 4 is 75.3 Å². The second-order valence-electron chi connectivity index (χ2n) is 23.5. The van der Waals surface area contributed by atoms with Crippen molar-refractivity contribution in [2.75, 3.05) is 52.6 Å². The van der Waals surface area contributed by atoms with E-state index in [0.29, 0.717) is 16.7 Å². The lowest BCUT2D eigenvalue weighted by atomic mass is 9.87. The van der Waals surface area contributed by atoms with Gasteiger partial charge in [0, 0.05) is 67.0 Å². The van der Waals surface area contributed by atoms with Gasteiger partial charge in [0.1, 0.15) is 6.04 Å². The summed E-state index contributed by atoms with van der Waals surface area (Å²) in [6, 6.07) is 16.7. The Morgan fingerprint density at radius 2 is 0.710 bits per heavy atom. The van der Waals surface area contributed by atoms with E-state index in [-0.39, 0.29) is 96.8 Å². The number of amides is 5. The van der Waals surface area contributed by atoms with Crippen LogP contribution in [-0.4, -0.2) is 184 Å². The van der Waals surface area contributed by atoms with Crippen LogP contribution in [-0.2, 0) is 72.0 Å². The first-order valence-electron chi connectivity index (χ1n) is 31.7. The summed E-state index contributed by atoms with van der Waals surface area (Å²) in [7, 11) is 0. The number of carboxylic acid groups (broad SMARTS) is 1. The number of hydrogen-bond donors (Lipinski definition) is 16. The SMILES string of the molecule is NCCC[C@H](NC(=O)[C@H](CO)CC(=O)[C@@H](N)CO)C(=O)C[C@@H](Cc1ccccc1)C(=O)N[C@@H](CCCN)C(=O)C[C@@H](Cc1c[nH]c2ccccc12)C(=O)N[C@@H](CCCN)C(=O)C[C@@H](Cc1ccccc1)C(=O)N[C@@H](CCCN)C(=O)C[C@@H](CO)C(=O)N[C@@H](CO)C(=O)O. The van der Waals surface area contributed by atoms with E-state index in [2.05, 4.69) is 31.6 Å². The zero-order chi connectivity index (χ0) is 68.4. The third-order valence-corrected chi connectivity index (χ3v) is 16.3. The van der Waals surface area contributed by atoms with Gasteiger partial charge in [-0.25, -0.2) is 4.79 Å². The van der Waals surface area contributed by atoms with Crippen LogP contribution in [0, 0.1) is 29.6 Å². The quantitative estimate of drug-likeness (QED) is 0.0248. The molecule has 27 nitrogen and oxygen atoms in total. The highest BCUT2D eigenvalue weighted by Crippen LogP contribution is 2.26. The average Bonchev–Trinajstić information content (AvgIpc) is 1.84. The maximum absolute atomic E-state index is 15.1. The summed E-state index contributed by atoms with van der Waals surface area (Å²) in [5.74, 6) is -15.0. The molecule has 4 rings (SSSR count). The van der Waals surface area contributed by atoms with Crippen LogP contribution in [0.2, 0.25) is 0 Å². The molecule has 0 aliphatic rings. The van der Waals surface area contributed by atoms with E-state index in [9.17, 15) is 73.5 Å².